The maximum Gasteiger partial charge on any atom is 0.00962 e. The summed E-state index contributed by atoms with van der Waals surface area (Å²) in [6.45, 7) is 9.61. The Morgan fingerprint density at radius 1 is 1.12 bits per heavy atom. The first-order valence-corrected chi connectivity index (χ1v) is 7.33. The van der Waals surface area contributed by atoms with Gasteiger partial charge in [0.25, 0.3) is 0 Å². The van der Waals surface area contributed by atoms with Crippen molar-refractivity contribution in [3.63, 3.8) is 0 Å². The van der Waals surface area contributed by atoms with Gasteiger partial charge in [0.1, 0.15) is 0 Å². The van der Waals surface area contributed by atoms with Crippen molar-refractivity contribution in [3.8, 4) is 0 Å². The minimum absolute atomic E-state index is 0.898. The molecule has 1 heterocycles. The lowest BCUT2D eigenvalue weighted by molar-refractivity contribution is 0.236. The number of rotatable bonds is 9. The van der Waals surface area contributed by atoms with E-state index < -0.39 is 0 Å². The second-order valence-electron chi connectivity index (χ2n) is 5.08. The van der Waals surface area contributed by atoms with Crippen LogP contribution in [-0.2, 0) is 0 Å². The zero-order valence-corrected chi connectivity index (χ0v) is 11.3. The quantitative estimate of drug-likeness (QED) is 0.608. The molecule has 1 saturated heterocycles. The number of hydrogen-bond donors (Lipinski definition) is 1. The molecule has 1 atom stereocenters. The molecule has 0 bridgehead atoms. The van der Waals surface area contributed by atoms with Crippen LogP contribution in [0.3, 0.4) is 0 Å². The summed E-state index contributed by atoms with van der Waals surface area (Å²) in [6, 6.07) is 0.898. The van der Waals surface area contributed by atoms with E-state index in [0.717, 1.165) is 6.04 Å². The van der Waals surface area contributed by atoms with Crippen molar-refractivity contribution < 1.29 is 0 Å². The Bertz CT molecular complexity index is 159. The summed E-state index contributed by atoms with van der Waals surface area (Å²) in [5.74, 6) is 0. The number of nitrogens with one attached hydrogen (secondary N) is 1. The molecule has 1 rings (SSSR count). The van der Waals surface area contributed by atoms with Crippen molar-refractivity contribution in [2.45, 2.75) is 64.8 Å². The van der Waals surface area contributed by atoms with Gasteiger partial charge in [0.05, 0.1) is 0 Å². The Morgan fingerprint density at radius 2 is 2.00 bits per heavy atom. The third-order valence-electron chi connectivity index (χ3n) is 3.62. The van der Waals surface area contributed by atoms with Gasteiger partial charge in [0.15, 0.2) is 0 Å². The average molecular weight is 226 g/mol. The molecule has 0 aliphatic carbocycles. The summed E-state index contributed by atoms with van der Waals surface area (Å²) in [7, 11) is 0. The molecule has 0 aromatic heterocycles. The fourth-order valence-electron chi connectivity index (χ4n) is 2.64. The fraction of sp³-hybridized carbons (Fsp3) is 1.00. The molecule has 16 heavy (non-hydrogen) atoms. The Balaban J connectivity index is 2.05. The Kier molecular flexibility index (Phi) is 7.87. The maximum absolute atomic E-state index is 3.50. The van der Waals surface area contributed by atoms with Gasteiger partial charge in [0.2, 0.25) is 0 Å². The largest absolute Gasteiger partial charge is 0.317 e. The highest BCUT2D eigenvalue weighted by atomic mass is 15.2. The molecule has 0 aromatic carbocycles. The van der Waals surface area contributed by atoms with Crippen LogP contribution in [0.4, 0.5) is 0 Å². The van der Waals surface area contributed by atoms with Gasteiger partial charge < -0.3 is 10.2 Å². The van der Waals surface area contributed by atoms with E-state index in [4.69, 9.17) is 0 Å². The molecule has 2 nitrogen and oxygen atoms in total. The van der Waals surface area contributed by atoms with E-state index in [9.17, 15) is 0 Å². The number of unbranched alkanes of at least 4 members (excludes halogenated alkanes) is 1. The van der Waals surface area contributed by atoms with Gasteiger partial charge in [-0.25, -0.2) is 0 Å². The van der Waals surface area contributed by atoms with Gasteiger partial charge in [-0.1, -0.05) is 20.3 Å². The minimum Gasteiger partial charge on any atom is -0.317 e. The summed E-state index contributed by atoms with van der Waals surface area (Å²) in [5.41, 5.74) is 0. The SMILES string of the molecule is CCCCN1CCC[C@@H]1CCCNCCC. The standard InChI is InChI=1S/C14H30N2/c1-3-5-12-16-13-7-9-14(16)8-6-11-15-10-4-2/h14-15H,3-13H2,1-2H3/t14-/m0/s1. The molecule has 0 radical (unpaired) electrons. The van der Waals surface area contributed by atoms with Crippen molar-refractivity contribution in [2.24, 2.45) is 0 Å². The molecule has 0 spiro atoms. The van der Waals surface area contributed by atoms with Crippen LogP contribution >= 0.6 is 0 Å². The van der Waals surface area contributed by atoms with Crippen molar-refractivity contribution >= 4 is 0 Å². The van der Waals surface area contributed by atoms with E-state index in [-0.39, 0.29) is 0 Å². The third kappa shape index (κ3) is 5.31. The van der Waals surface area contributed by atoms with Gasteiger partial charge in [-0.2, -0.15) is 0 Å². The first kappa shape index (κ1) is 14.0. The molecule has 1 aliphatic heterocycles. The van der Waals surface area contributed by atoms with Gasteiger partial charge in [-0.05, 0) is 64.7 Å². The molecule has 0 amide bonds. The molecule has 0 aromatic rings. The monoisotopic (exact) mass is 226 g/mol. The molecule has 0 saturated carbocycles. The number of nitrogens with zero attached hydrogens (tertiary/aromatic N) is 1. The Labute approximate surface area is 102 Å². The summed E-state index contributed by atoms with van der Waals surface area (Å²) in [5, 5.41) is 3.50. The molecular weight excluding hydrogens is 196 g/mol. The predicted molar refractivity (Wildman–Crippen MR) is 71.9 cm³/mol. The first-order valence-electron chi connectivity index (χ1n) is 7.33. The molecule has 96 valence electrons. The van der Waals surface area contributed by atoms with E-state index in [1.54, 1.807) is 0 Å². The highest BCUT2D eigenvalue weighted by Crippen LogP contribution is 2.21. The van der Waals surface area contributed by atoms with Crippen molar-refractivity contribution in [1.82, 2.24) is 10.2 Å². The smallest absolute Gasteiger partial charge is 0.00962 e. The third-order valence-corrected chi connectivity index (χ3v) is 3.62. The lowest BCUT2D eigenvalue weighted by atomic mass is 10.1. The van der Waals surface area contributed by atoms with E-state index in [1.165, 1.54) is 71.1 Å². The van der Waals surface area contributed by atoms with Crippen molar-refractivity contribution in [1.29, 1.82) is 0 Å². The van der Waals surface area contributed by atoms with Crippen molar-refractivity contribution in [2.75, 3.05) is 26.2 Å². The van der Waals surface area contributed by atoms with Gasteiger partial charge in [-0.3, -0.25) is 0 Å². The zero-order chi connectivity index (χ0) is 11.6. The second kappa shape index (κ2) is 9.00. The number of hydrogen-bond acceptors (Lipinski definition) is 2. The van der Waals surface area contributed by atoms with Gasteiger partial charge in [0, 0.05) is 6.04 Å². The zero-order valence-electron chi connectivity index (χ0n) is 11.3. The first-order chi connectivity index (χ1) is 7.88. The average Bonchev–Trinajstić information content (AvgIpc) is 2.74. The molecule has 0 unspecified atom stereocenters. The normalized spacial score (nSPS) is 21.8. The van der Waals surface area contributed by atoms with Crippen LogP contribution in [0.25, 0.3) is 0 Å². The molecular formula is C14H30N2. The van der Waals surface area contributed by atoms with Crippen LogP contribution in [0.2, 0.25) is 0 Å². The molecule has 1 fully saturated rings. The predicted octanol–water partition coefficient (Wildman–Crippen LogP) is 3.03. The van der Waals surface area contributed by atoms with Gasteiger partial charge >= 0.3 is 0 Å². The molecule has 2 heteroatoms. The topological polar surface area (TPSA) is 15.3 Å². The highest BCUT2D eigenvalue weighted by molar-refractivity contribution is 4.78. The molecule has 1 aliphatic rings. The summed E-state index contributed by atoms with van der Waals surface area (Å²) in [6.07, 6.45) is 9.60. The molecule has 1 N–H and O–H groups in total. The Morgan fingerprint density at radius 3 is 2.75 bits per heavy atom. The van der Waals surface area contributed by atoms with E-state index in [1.807, 2.05) is 0 Å². The van der Waals surface area contributed by atoms with Crippen LogP contribution in [0, 0.1) is 0 Å². The minimum atomic E-state index is 0.898. The van der Waals surface area contributed by atoms with E-state index >= 15 is 0 Å². The van der Waals surface area contributed by atoms with E-state index in [0.29, 0.717) is 0 Å². The van der Waals surface area contributed by atoms with Crippen LogP contribution in [0.15, 0.2) is 0 Å². The number of likely N-dealkylation sites (tertiary alicyclic amines) is 1. The summed E-state index contributed by atoms with van der Waals surface area (Å²) < 4.78 is 0. The summed E-state index contributed by atoms with van der Waals surface area (Å²) in [4.78, 5) is 2.73. The van der Waals surface area contributed by atoms with Crippen LogP contribution in [-0.4, -0.2) is 37.1 Å². The summed E-state index contributed by atoms with van der Waals surface area (Å²) >= 11 is 0. The second-order valence-corrected chi connectivity index (χ2v) is 5.08. The maximum atomic E-state index is 3.50. The van der Waals surface area contributed by atoms with Crippen LogP contribution in [0.5, 0.6) is 0 Å². The van der Waals surface area contributed by atoms with Crippen LogP contribution < -0.4 is 5.32 Å². The lowest BCUT2D eigenvalue weighted by Gasteiger charge is -2.24. The highest BCUT2D eigenvalue weighted by Gasteiger charge is 2.22. The van der Waals surface area contributed by atoms with E-state index in [2.05, 4.69) is 24.1 Å². The lowest BCUT2D eigenvalue weighted by Crippen LogP contribution is -2.31. The fourth-order valence-corrected chi connectivity index (χ4v) is 2.64. The Hall–Kier alpha value is -0.0800. The van der Waals surface area contributed by atoms with Crippen molar-refractivity contribution in [3.05, 3.63) is 0 Å². The van der Waals surface area contributed by atoms with Crippen LogP contribution in [0.1, 0.15) is 58.8 Å². The van der Waals surface area contributed by atoms with Gasteiger partial charge in [-0.15, -0.1) is 0 Å².